The molecule has 1 aliphatic carbocycles. The average molecular weight is 352 g/mol. The molecule has 0 saturated heterocycles. The van der Waals surface area contributed by atoms with E-state index in [0.717, 1.165) is 37.7 Å². The highest BCUT2D eigenvalue weighted by molar-refractivity contribution is 6.04. The third-order valence-electron chi connectivity index (χ3n) is 5.09. The van der Waals surface area contributed by atoms with E-state index in [1.165, 1.54) is 0 Å². The predicted molar refractivity (Wildman–Crippen MR) is 101 cm³/mol. The Morgan fingerprint density at radius 1 is 1.00 bits per heavy atom. The monoisotopic (exact) mass is 352 g/mol. The van der Waals surface area contributed by atoms with Gasteiger partial charge in [-0.1, -0.05) is 31.4 Å². The van der Waals surface area contributed by atoms with Crippen LogP contribution in [0.1, 0.15) is 53.9 Å². The van der Waals surface area contributed by atoms with Crippen LogP contribution < -0.4 is 16.8 Å². The number of nitrogens with zero attached hydrogens (tertiary/aromatic N) is 1. The fraction of sp³-hybridized carbons (Fsp3) is 0.350. The van der Waals surface area contributed by atoms with Crippen LogP contribution in [0, 0.1) is 0 Å². The number of hydrogen-bond donors (Lipinski definition) is 3. The average Bonchev–Trinajstić information content (AvgIpc) is 2.63. The van der Waals surface area contributed by atoms with Gasteiger partial charge in [0.25, 0.3) is 5.91 Å². The summed E-state index contributed by atoms with van der Waals surface area (Å²) in [6.45, 7) is 0. The molecule has 1 atom stereocenters. The van der Waals surface area contributed by atoms with Crippen molar-refractivity contribution in [3.8, 4) is 0 Å². The molecule has 136 valence electrons. The lowest BCUT2D eigenvalue weighted by Crippen LogP contribution is -2.51. The molecule has 1 heterocycles. The maximum atomic E-state index is 12.3. The van der Waals surface area contributed by atoms with Crippen LogP contribution in [0.3, 0.4) is 0 Å². The summed E-state index contributed by atoms with van der Waals surface area (Å²) in [5.41, 5.74) is 13.6. The third kappa shape index (κ3) is 3.91. The number of nitrogens with one attached hydrogen (secondary N) is 1. The number of amides is 2. The van der Waals surface area contributed by atoms with Crippen molar-refractivity contribution in [2.75, 3.05) is 5.32 Å². The van der Waals surface area contributed by atoms with Gasteiger partial charge < -0.3 is 16.8 Å². The molecule has 1 aliphatic rings. The van der Waals surface area contributed by atoms with Crippen LogP contribution in [-0.4, -0.2) is 22.3 Å². The Morgan fingerprint density at radius 2 is 1.62 bits per heavy atom. The second-order valence-corrected chi connectivity index (χ2v) is 6.94. The Hall–Kier alpha value is -2.73. The highest BCUT2D eigenvalue weighted by Gasteiger charge is 2.40. The summed E-state index contributed by atoms with van der Waals surface area (Å²) in [5, 5.41) is 2.81. The van der Waals surface area contributed by atoms with Gasteiger partial charge in [-0.05, 0) is 42.7 Å². The zero-order valence-electron chi connectivity index (χ0n) is 14.7. The number of anilines is 1. The summed E-state index contributed by atoms with van der Waals surface area (Å²) in [5.74, 6) is -1.18. The molecule has 0 radical (unpaired) electrons. The quantitative estimate of drug-likeness (QED) is 0.768. The Labute approximate surface area is 153 Å². The predicted octanol–water partition coefficient (Wildman–Crippen LogP) is 2.56. The van der Waals surface area contributed by atoms with Gasteiger partial charge in [0.15, 0.2) is 0 Å². The molecule has 6 heteroatoms. The number of hydrogen-bond acceptors (Lipinski definition) is 4. The second-order valence-electron chi connectivity index (χ2n) is 6.94. The molecular weight excluding hydrogens is 328 g/mol. The van der Waals surface area contributed by atoms with Crippen LogP contribution in [0.15, 0.2) is 48.8 Å². The van der Waals surface area contributed by atoms with Gasteiger partial charge >= 0.3 is 0 Å². The first-order valence-electron chi connectivity index (χ1n) is 8.89. The standard InChI is InChI=1S/C20H24N4O2/c21-18(25)17(20(22)10-2-1-3-11-20)14-4-6-15(7-5-14)19(26)24-16-8-12-23-13-9-16/h4-9,12-13,17H,1-3,10-11,22H2,(H2,21,25)(H,23,24,26). The van der Waals surface area contributed by atoms with E-state index in [9.17, 15) is 9.59 Å². The summed E-state index contributed by atoms with van der Waals surface area (Å²) in [4.78, 5) is 28.4. The zero-order chi connectivity index (χ0) is 18.6. The summed E-state index contributed by atoms with van der Waals surface area (Å²) in [6.07, 6.45) is 7.94. The Morgan fingerprint density at radius 3 is 2.19 bits per heavy atom. The molecule has 1 aromatic carbocycles. The van der Waals surface area contributed by atoms with E-state index in [4.69, 9.17) is 11.5 Å². The number of nitrogens with two attached hydrogens (primary N) is 2. The van der Waals surface area contributed by atoms with Crippen molar-refractivity contribution in [3.63, 3.8) is 0 Å². The molecule has 0 spiro atoms. The maximum Gasteiger partial charge on any atom is 0.255 e. The molecule has 1 fully saturated rings. The number of rotatable bonds is 5. The molecule has 2 amide bonds. The first-order chi connectivity index (χ1) is 12.5. The van der Waals surface area contributed by atoms with Gasteiger partial charge in [0.1, 0.15) is 0 Å². The van der Waals surface area contributed by atoms with E-state index in [0.29, 0.717) is 11.3 Å². The van der Waals surface area contributed by atoms with E-state index in [2.05, 4.69) is 10.3 Å². The summed E-state index contributed by atoms with van der Waals surface area (Å²) < 4.78 is 0. The van der Waals surface area contributed by atoms with Crippen LogP contribution in [0.4, 0.5) is 5.69 Å². The Balaban J connectivity index is 1.78. The van der Waals surface area contributed by atoms with Crippen molar-refractivity contribution in [1.82, 2.24) is 4.98 Å². The number of pyridine rings is 1. The van der Waals surface area contributed by atoms with E-state index in [-0.39, 0.29) is 5.91 Å². The normalized spacial score (nSPS) is 17.3. The topological polar surface area (TPSA) is 111 Å². The lowest BCUT2D eigenvalue weighted by atomic mass is 9.70. The molecule has 3 rings (SSSR count). The summed E-state index contributed by atoms with van der Waals surface area (Å²) >= 11 is 0. The van der Waals surface area contributed by atoms with Crippen LogP contribution in [0.2, 0.25) is 0 Å². The Bertz CT molecular complexity index is 768. The molecule has 5 N–H and O–H groups in total. The fourth-order valence-corrected chi connectivity index (χ4v) is 3.74. The minimum Gasteiger partial charge on any atom is -0.369 e. The molecule has 6 nitrogen and oxygen atoms in total. The highest BCUT2D eigenvalue weighted by atomic mass is 16.2. The van der Waals surface area contributed by atoms with E-state index in [1.54, 1.807) is 48.8 Å². The van der Waals surface area contributed by atoms with Crippen LogP contribution in [-0.2, 0) is 4.79 Å². The van der Waals surface area contributed by atoms with Crippen molar-refractivity contribution in [2.24, 2.45) is 11.5 Å². The van der Waals surface area contributed by atoms with Crippen molar-refractivity contribution < 1.29 is 9.59 Å². The molecule has 1 aromatic heterocycles. The van der Waals surface area contributed by atoms with Gasteiger partial charge in [-0.3, -0.25) is 14.6 Å². The fourth-order valence-electron chi connectivity index (χ4n) is 3.74. The van der Waals surface area contributed by atoms with E-state index in [1.807, 2.05) is 0 Å². The van der Waals surface area contributed by atoms with Crippen molar-refractivity contribution in [3.05, 3.63) is 59.9 Å². The Kier molecular flexibility index (Phi) is 5.32. The second kappa shape index (κ2) is 7.66. The largest absolute Gasteiger partial charge is 0.369 e. The van der Waals surface area contributed by atoms with Crippen molar-refractivity contribution >= 4 is 17.5 Å². The first-order valence-corrected chi connectivity index (χ1v) is 8.89. The van der Waals surface area contributed by atoms with Gasteiger partial charge in [0, 0.05) is 29.2 Å². The highest BCUT2D eigenvalue weighted by Crippen LogP contribution is 2.38. The first kappa shape index (κ1) is 18.1. The molecule has 2 aromatic rings. The van der Waals surface area contributed by atoms with Crippen LogP contribution in [0.25, 0.3) is 0 Å². The van der Waals surface area contributed by atoms with Gasteiger partial charge in [-0.25, -0.2) is 0 Å². The number of carbonyl (C=O) groups is 2. The molecule has 0 aliphatic heterocycles. The summed E-state index contributed by atoms with van der Waals surface area (Å²) in [6, 6.07) is 10.4. The molecule has 1 saturated carbocycles. The molecule has 0 bridgehead atoms. The number of carbonyl (C=O) groups excluding carboxylic acids is 2. The van der Waals surface area contributed by atoms with Gasteiger partial charge in [-0.2, -0.15) is 0 Å². The van der Waals surface area contributed by atoms with Crippen LogP contribution >= 0.6 is 0 Å². The number of primary amides is 1. The SMILES string of the molecule is NC(=O)C(c1ccc(C(=O)Nc2ccncc2)cc1)C1(N)CCCCC1. The molecule has 26 heavy (non-hydrogen) atoms. The van der Waals surface area contributed by atoms with Crippen LogP contribution in [0.5, 0.6) is 0 Å². The van der Waals surface area contributed by atoms with Gasteiger partial charge in [-0.15, -0.1) is 0 Å². The van der Waals surface area contributed by atoms with E-state index >= 15 is 0 Å². The van der Waals surface area contributed by atoms with Crippen molar-refractivity contribution in [1.29, 1.82) is 0 Å². The zero-order valence-corrected chi connectivity index (χ0v) is 14.7. The third-order valence-corrected chi connectivity index (χ3v) is 5.09. The van der Waals surface area contributed by atoms with Gasteiger partial charge in [0.05, 0.1) is 5.92 Å². The van der Waals surface area contributed by atoms with Gasteiger partial charge in [0.2, 0.25) is 5.91 Å². The van der Waals surface area contributed by atoms with E-state index < -0.39 is 17.4 Å². The number of benzene rings is 1. The minimum absolute atomic E-state index is 0.224. The lowest BCUT2D eigenvalue weighted by molar-refractivity contribution is -0.121. The summed E-state index contributed by atoms with van der Waals surface area (Å²) in [7, 11) is 0. The molecular formula is C20H24N4O2. The maximum absolute atomic E-state index is 12.3. The minimum atomic E-state index is -0.606. The van der Waals surface area contributed by atoms with Crippen molar-refractivity contribution in [2.45, 2.75) is 43.6 Å². The molecule has 1 unspecified atom stereocenters. The smallest absolute Gasteiger partial charge is 0.255 e. The lowest BCUT2D eigenvalue weighted by Gasteiger charge is -2.39. The number of aromatic nitrogens is 1.